The molecule has 1 N–H and O–H groups in total. The Balaban J connectivity index is 2.20. The maximum Gasteiger partial charge on any atom is 0.341 e. The number of ether oxygens (including phenoxy) is 1. The molecule has 100 valence electrons. The zero-order valence-corrected chi connectivity index (χ0v) is 10.9. The lowest BCUT2D eigenvalue weighted by molar-refractivity contribution is 0.0526. The van der Waals surface area contributed by atoms with Crippen LogP contribution >= 0.6 is 0 Å². The van der Waals surface area contributed by atoms with Gasteiger partial charge < -0.3 is 9.84 Å². The third-order valence-corrected chi connectivity index (χ3v) is 2.73. The van der Waals surface area contributed by atoms with Crippen LogP contribution in [0.15, 0.2) is 36.7 Å². The predicted molar refractivity (Wildman–Crippen MR) is 70.2 cm³/mol. The van der Waals surface area contributed by atoms with Crippen LogP contribution in [0.5, 0.6) is 0 Å². The summed E-state index contributed by atoms with van der Waals surface area (Å²) >= 11 is 0. The monoisotopic (exact) mass is 260 g/mol. The van der Waals surface area contributed by atoms with Gasteiger partial charge in [-0.05, 0) is 31.5 Å². The molecule has 0 saturated carbocycles. The summed E-state index contributed by atoms with van der Waals surface area (Å²) in [6.07, 6.45) is 2.59. The highest BCUT2D eigenvalue weighted by Gasteiger charge is 2.10. The molecule has 19 heavy (non-hydrogen) atoms. The molecule has 0 aliphatic carbocycles. The lowest BCUT2D eigenvalue weighted by atomic mass is 10.1. The van der Waals surface area contributed by atoms with Crippen molar-refractivity contribution in [3.8, 4) is 5.69 Å². The van der Waals surface area contributed by atoms with Crippen LogP contribution in [0.25, 0.3) is 5.69 Å². The second-order valence-electron chi connectivity index (χ2n) is 4.16. The van der Waals surface area contributed by atoms with Crippen LogP contribution in [0.3, 0.4) is 0 Å². The lowest BCUT2D eigenvalue weighted by Crippen LogP contribution is -2.03. The van der Waals surface area contributed by atoms with Crippen LogP contribution in [0.4, 0.5) is 0 Å². The molecule has 1 heterocycles. The van der Waals surface area contributed by atoms with E-state index in [0.717, 1.165) is 11.3 Å². The summed E-state index contributed by atoms with van der Waals surface area (Å²) in [6.45, 7) is 3.81. The smallest absolute Gasteiger partial charge is 0.341 e. The molecule has 1 aromatic carbocycles. The van der Waals surface area contributed by atoms with E-state index in [-0.39, 0.29) is 5.97 Å². The number of carbonyl (C=O) groups excluding carboxylic acids is 1. The zero-order chi connectivity index (χ0) is 13.8. The van der Waals surface area contributed by atoms with Crippen LogP contribution < -0.4 is 0 Å². The number of hydrogen-bond donors (Lipinski definition) is 1. The first-order valence-electron chi connectivity index (χ1n) is 6.12. The molecule has 2 rings (SSSR count). The second kappa shape index (κ2) is 5.67. The summed E-state index contributed by atoms with van der Waals surface area (Å²) in [4.78, 5) is 11.5. The number of aliphatic hydroxyl groups excluding tert-OH is 1. The highest BCUT2D eigenvalue weighted by Crippen LogP contribution is 2.15. The van der Waals surface area contributed by atoms with Crippen LogP contribution in [0, 0.1) is 0 Å². The molecule has 0 aliphatic rings. The van der Waals surface area contributed by atoms with E-state index in [1.54, 1.807) is 24.7 Å². The number of carbonyl (C=O) groups is 1. The SMILES string of the molecule is CCOC(=O)c1cnn(-c2ccc(C(C)O)cc2)c1. The number of aliphatic hydroxyl groups is 1. The molecule has 2 aromatic rings. The van der Waals surface area contributed by atoms with E-state index in [2.05, 4.69) is 5.10 Å². The fourth-order valence-corrected chi connectivity index (χ4v) is 1.69. The highest BCUT2D eigenvalue weighted by molar-refractivity contribution is 5.88. The average Bonchev–Trinajstić information content (AvgIpc) is 2.89. The van der Waals surface area contributed by atoms with Gasteiger partial charge in [-0.15, -0.1) is 0 Å². The fraction of sp³-hybridized carbons (Fsp3) is 0.286. The normalized spacial score (nSPS) is 12.2. The Hall–Kier alpha value is -2.14. The average molecular weight is 260 g/mol. The Kier molecular flexibility index (Phi) is 3.97. The molecular weight excluding hydrogens is 244 g/mol. The number of aromatic nitrogens is 2. The van der Waals surface area contributed by atoms with Crippen LogP contribution in [-0.2, 0) is 4.74 Å². The Bertz CT molecular complexity index is 558. The van der Waals surface area contributed by atoms with E-state index in [0.29, 0.717) is 12.2 Å². The molecule has 0 spiro atoms. The first kappa shape index (κ1) is 13.3. The molecule has 1 aromatic heterocycles. The van der Waals surface area contributed by atoms with Gasteiger partial charge >= 0.3 is 5.97 Å². The first-order chi connectivity index (χ1) is 9.11. The Morgan fingerprint density at radius 2 is 2.11 bits per heavy atom. The minimum absolute atomic E-state index is 0.340. The van der Waals surface area contributed by atoms with Crippen molar-refractivity contribution in [3.05, 3.63) is 47.8 Å². The van der Waals surface area contributed by atoms with Crippen LogP contribution in [0.2, 0.25) is 0 Å². The topological polar surface area (TPSA) is 64.3 Å². The quantitative estimate of drug-likeness (QED) is 0.855. The molecule has 0 bridgehead atoms. The van der Waals surface area contributed by atoms with Gasteiger partial charge in [0.15, 0.2) is 0 Å². The van der Waals surface area contributed by atoms with Crippen LogP contribution in [0.1, 0.15) is 35.9 Å². The number of rotatable bonds is 4. The van der Waals surface area contributed by atoms with Gasteiger partial charge in [0.05, 0.1) is 30.2 Å². The van der Waals surface area contributed by atoms with E-state index in [1.807, 2.05) is 24.3 Å². The first-order valence-corrected chi connectivity index (χ1v) is 6.12. The molecule has 1 atom stereocenters. The molecule has 1 unspecified atom stereocenters. The summed E-state index contributed by atoms with van der Waals surface area (Å²) < 4.78 is 6.50. The van der Waals surface area contributed by atoms with Gasteiger partial charge in [-0.25, -0.2) is 9.48 Å². The van der Waals surface area contributed by atoms with Gasteiger partial charge in [-0.2, -0.15) is 5.10 Å². The summed E-state index contributed by atoms with van der Waals surface area (Å²) in [5.74, 6) is -0.380. The largest absolute Gasteiger partial charge is 0.462 e. The summed E-state index contributed by atoms with van der Waals surface area (Å²) in [5, 5.41) is 13.6. The lowest BCUT2D eigenvalue weighted by Gasteiger charge is -2.06. The summed E-state index contributed by atoms with van der Waals surface area (Å²) in [7, 11) is 0. The minimum Gasteiger partial charge on any atom is -0.462 e. The molecule has 5 heteroatoms. The fourth-order valence-electron chi connectivity index (χ4n) is 1.69. The van der Waals surface area contributed by atoms with Gasteiger partial charge in [0.2, 0.25) is 0 Å². The molecule has 0 saturated heterocycles. The Morgan fingerprint density at radius 1 is 1.42 bits per heavy atom. The maximum absolute atomic E-state index is 11.5. The van der Waals surface area contributed by atoms with Crippen molar-refractivity contribution in [2.24, 2.45) is 0 Å². The molecule has 5 nitrogen and oxygen atoms in total. The molecular formula is C14H16N2O3. The number of hydrogen-bond acceptors (Lipinski definition) is 4. The van der Waals surface area contributed by atoms with Gasteiger partial charge in [-0.1, -0.05) is 12.1 Å². The Morgan fingerprint density at radius 3 is 2.68 bits per heavy atom. The second-order valence-corrected chi connectivity index (χ2v) is 4.16. The van der Waals surface area contributed by atoms with Crippen molar-refractivity contribution >= 4 is 5.97 Å². The molecule has 0 aliphatic heterocycles. The summed E-state index contributed by atoms with van der Waals surface area (Å²) in [5.41, 5.74) is 2.07. The minimum atomic E-state index is -0.498. The van der Waals surface area contributed by atoms with Crippen molar-refractivity contribution in [2.45, 2.75) is 20.0 Å². The highest BCUT2D eigenvalue weighted by atomic mass is 16.5. The predicted octanol–water partition coefficient (Wildman–Crippen LogP) is 2.10. The van der Waals surface area contributed by atoms with Gasteiger partial charge in [-0.3, -0.25) is 0 Å². The third kappa shape index (κ3) is 3.00. The number of esters is 1. The molecule has 0 amide bonds. The van der Waals surface area contributed by atoms with E-state index in [9.17, 15) is 9.90 Å². The van der Waals surface area contributed by atoms with Crippen molar-refractivity contribution in [1.82, 2.24) is 9.78 Å². The third-order valence-electron chi connectivity index (χ3n) is 2.73. The van der Waals surface area contributed by atoms with Gasteiger partial charge in [0.25, 0.3) is 0 Å². The maximum atomic E-state index is 11.5. The van der Waals surface area contributed by atoms with Crippen LogP contribution in [-0.4, -0.2) is 27.5 Å². The Labute approximate surface area is 111 Å². The van der Waals surface area contributed by atoms with E-state index in [1.165, 1.54) is 6.20 Å². The van der Waals surface area contributed by atoms with Gasteiger partial charge in [0.1, 0.15) is 0 Å². The number of nitrogens with zero attached hydrogens (tertiary/aromatic N) is 2. The van der Waals surface area contributed by atoms with Crippen molar-refractivity contribution in [2.75, 3.05) is 6.61 Å². The molecule has 0 fully saturated rings. The van der Waals surface area contributed by atoms with E-state index < -0.39 is 6.10 Å². The van der Waals surface area contributed by atoms with E-state index >= 15 is 0 Å². The standard InChI is InChI=1S/C14H16N2O3/c1-3-19-14(18)12-8-15-16(9-12)13-6-4-11(5-7-13)10(2)17/h4-10,17H,3H2,1-2H3. The zero-order valence-electron chi connectivity index (χ0n) is 10.9. The van der Waals surface area contributed by atoms with Crippen molar-refractivity contribution in [1.29, 1.82) is 0 Å². The number of benzene rings is 1. The van der Waals surface area contributed by atoms with Crippen molar-refractivity contribution < 1.29 is 14.6 Å². The van der Waals surface area contributed by atoms with Crippen molar-refractivity contribution in [3.63, 3.8) is 0 Å². The molecule has 0 radical (unpaired) electrons. The van der Waals surface area contributed by atoms with E-state index in [4.69, 9.17) is 4.74 Å². The van der Waals surface area contributed by atoms with Gasteiger partial charge in [0, 0.05) is 6.20 Å². The summed E-state index contributed by atoms with van der Waals surface area (Å²) in [6, 6.07) is 7.32.